The minimum absolute atomic E-state index is 0.0335. The summed E-state index contributed by atoms with van der Waals surface area (Å²) < 4.78 is 21.8. The molecule has 4 amide bonds. The number of amides is 4. The van der Waals surface area contributed by atoms with Gasteiger partial charge < -0.3 is 29.3 Å². The number of hydrogen-bond acceptors (Lipinski definition) is 8. The van der Waals surface area contributed by atoms with E-state index in [0.717, 1.165) is 10.5 Å². The van der Waals surface area contributed by atoms with Gasteiger partial charge in [0.05, 0.1) is 20.8 Å². The van der Waals surface area contributed by atoms with Crippen LogP contribution in [0.2, 0.25) is 0 Å². The lowest BCUT2D eigenvalue weighted by atomic mass is 10.1. The Morgan fingerprint density at radius 3 is 2.54 bits per heavy atom. The van der Waals surface area contributed by atoms with E-state index in [9.17, 15) is 19.2 Å². The summed E-state index contributed by atoms with van der Waals surface area (Å²) in [5, 5.41) is 5.27. The van der Waals surface area contributed by atoms with E-state index in [1.807, 2.05) is 19.1 Å². The molecule has 3 aromatic rings. The predicted octanol–water partition coefficient (Wildman–Crippen LogP) is 4.26. The molecule has 0 aliphatic carbocycles. The Morgan fingerprint density at radius 1 is 1.10 bits per heavy atom. The third-order valence-corrected chi connectivity index (χ3v) is 6.03. The number of rotatable bonds is 9. The summed E-state index contributed by atoms with van der Waals surface area (Å²) in [6.07, 6.45) is 1.42. The van der Waals surface area contributed by atoms with Crippen LogP contribution in [0.3, 0.4) is 0 Å². The SMILES string of the molecule is COC(=O)c1ccc(CN2C(=O)N/C(=C\c3cc(Br)cc(OC)c3OCC(=O)Nc3ccc(C)cc3)C2=O)o1. The Morgan fingerprint density at radius 2 is 1.85 bits per heavy atom. The van der Waals surface area contributed by atoms with Crippen molar-refractivity contribution < 1.29 is 37.8 Å². The standard InChI is InChI=1S/C27H24BrN3O8/c1-15-4-6-18(7-5-15)29-23(32)14-38-24-16(10-17(28)12-22(24)36-2)11-20-25(33)31(27(35)30-20)13-19-8-9-21(39-19)26(34)37-3/h4-12H,13-14H2,1-3H3,(H,29,32)(H,30,35)/b20-11-. The number of nitrogens with zero attached hydrogens (tertiary/aromatic N) is 1. The molecule has 0 spiro atoms. The summed E-state index contributed by atoms with van der Waals surface area (Å²) in [7, 11) is 2.65. The molecule has 2 heterocycles. The van der Waals surface area contributed by atoms with Gasteiger partial charge in [-0.15, -0.1) is 0 Å². The van der Waals surface area contributed by atoms with Gasteiger partial charge in [0.15, 0.2) is 18.1 Å². The van der Waals surface area contributed by atoms with Crippen molar-refractivity contribution in [2.24, 2.45) is 0 Å². The van der Waals surface area contributed by atoms with E-state index in [4.69, 9.17) is 13.9 Å². The molecule has 0 saturated carbocycles. The Balaban J connectivity index is 1.53. The molecule has 0 bridgehead atoms. The number of hydrogen-bond donors (Lipinski definition) is 2. The van der Waals surface area contributed by atoms with E-state index in [2.05, 4.69) is 31.3 Å². The number of nitrogens with one attached hydrogen (secondary N) is 2. The third kappa shape index (κ3) is 6.47. The Labute approximate surface area is 231 Å². The molecule has 11 nitrogen and oxygen atoms in total. The van der Waals surface area contributed by atoms with Gasteiger partial charge in [0.25, 0.3) is 11.8 Å². The van der Waals surface area contributed by atoms with Gasteiger partial charge in [0, 0.05) is 15.7 Å². The average molecular weight is 598 g/mol. The fourth-order valence-corrected chi connectivity index (χ4v) is 4.13. The number of carbonyl (C=O) groups excluding carboxylic acids is 4. The summed E-state index contributed by atoms with van der Waals surface area (Å²) >= 11 is 3.39. The van der Waals surface area contributed by atoms with Crippen molar-refractivity contribution in [1.29, 1.82) is 0 Å². The van der Waals surface area contributed by atoms with E-state index in [-0.39, 0.29) is 36.1 Å². The fourth-order valence-electron chi connectivity index (χ4n) is 3.67. The number of ether oxygens (including phenoxy) is 3. The lowest BCUT2D eigenvalue weighted by Crippen LogP contribution is -2.30. The lowest BCUT2D eigenvalue weighted by molar-refractivity contribution is -0.123. The first kappa shape index (κ1) is 27.5. The number of esters is 1. The molecule has 1 aromatic heterocycles. The molecule has 202 valence electrons. The number of benzene rings is 2. The fraction of sp³-hybridized carbons (Fsp3) is 0.185. The number of imide groups is 1. The van der Waals surface area contributed by atoms with Crippen LogP contribution in [-0.4, -0.2) is 49.5 Å². The summed E-state index contributed by atoms with van der Waals surface area (Å²) in [6.45, 7) is 1.40. The van der Waals surface area contributed by atoms with Gasteiger partial charge in [-0.1, -0.05) is 33.6 Å². The second-order valence-electron chi connectivity index (χ2n) is 8.37. The van der Waals surface area contributed by atoms with Crippen molar-refractivity contribution in [1.82, 2.24) is 10.2 Å². The molecule has 1 aliphatic rings. The second-order valence-corrected chi connectivity index (χ2v) is 9.28. The molecule has 0 unspecified atom stereocenters. The minimum Gasteiger partial charge on any atom is -0.493 e. The highest BCUT2D eigenvalue weighted by molar-refractivity contribution is 9.10. The maximum Gasteiger partial charge on any atom is 0.373 e. The van der Waals surface area contributed by atoms with E-state index < -0.39 is 23.8 Å². The predicted molar refractivity (Wildman–Crippen MR) is 143 cm³/mol. The van der Waals surface area contributed by atoms with E-state index in [1.165, 1.54) is 32.4 Å². The maximum atomic E-state index is 13.1. The summed E-state index contributed by atoms with van der Waals surface area (Å²) in [5.74, 6) is -1.04. The summed E-state index contributed by atoms with van der Waals surface area (Å²) in [6, 6.07) is 12.8. The molecule has 12 heteroatoms. The van der Waals surface area contributed by atoms with Crippen molar-refractivity contribution in [3.05, 3.63) is 81.3 Å². The first-order valence-electron chi connectivity index (χ1n) is 11.6. The van der Waals surface area contributed by atoms with Gasteiger partial charge in [-0.3, -0.25) is 14.5 Å². The molecule has 2 N–H and O–H groups in total. The highest BCUT2D eigenvalue weighted by Crippen LogP contribution is 2.36. The van der Waals surface area contributed by atoms with Gasteiger partial charge in [-0.05, 0) is 49.4 Å². The van der Waals surface area contributed by atoms with Crippen LogP contribution in [0, 0.1) is 6.92 Å². The number of methoxy groups -OCH3 is 2. The van der Waals surface area contributed by atoms with Gasteiger partial charge in [-0.25, -0.2) is 9.59 Å². The maximum absolute atomic E-state index is 13.1. The van der Waals surface area contributed by atoms with Crippen LogP contribution in [0.5, 0.6) is 11.5 Å². The zero-order valence-electron chi connectivity index (χ0n) is 21.2. The summed E-state index contributed by atoms with van der Waals surface area (Å²) in [5.41, 5.74) is 2.02. The van der Waals surface area contributed by atoms with Gasteiger partial charge in [-0.2, -0.15) is 0 Å². The quantitative estimate of drug-likeness (QED) is 0.212. The topological polar surface area (TPSA) is 136 Å². The van der Waals surface area contributed by atoms with Crippen LogP contribution in [-0.2, 0) is 20.9 Å². The van der Waals surface area contributed by atoms with Crippen molar-refractivity contribution in [2.45, 2.75) is 13.5 Å². The number of anilines is 1. The number of furan rings is 1. The van der Waals surface area contributed by atoms with Crippen LogP contribution in [0.4, 0.5) is 10.5 Å². The van der Waals surface area contributed by atoms with Crippen molar-refractivity contribution in [3.63, 3.8) is 0 Å². The smallest absolute Gasteiger partial charge is 0.373 e. The lowest BCUT2D eigenvalue weighted by Gasteiger charge is -2.15. The van der Waals surface area contributed by atoms with Crippen LogP contribution >= 0.6 is 15.9 Å². The van der Waals surface area contributed by atoms with Crippen LogP contribution in [0.1, 0.15) is 27.4 Å². The first-order chi connectivity index (χ1) is 18.7. The number of aryl methyl sites for hydroxylation is 1. The molecule has 4 rings (SSSR count). The highest BCUT2D eigenvalue weighted by atomic mass is 79.9. The van der Waals surface area contributed by atoms with Crippen molar-refractivity contribution in [3.8, 4) is 11.5 Å². The average Bonchev–Trinajstić information content (AvgIpc) is 3.49. The van der Waals surface area contributed by atoms with E-state index in [0.29, 0.717) is 21.5 Å². The number of urea groups is 1. The molecule has 0 radical (unpaired) electrons. The van der Waals surface area contributed by atoms with Crippen molar-refractivity contribution in [2.75, 3.05) is 26.1 Å². The zero-order valence-corrected chi connectivity index (χ0v) is 22.8. The van der Waals surface area contributed by atoms with E-state index in [1.54, 1.807) is 24.3 Å². The van der Waals surface area contributed by atoms with Crippen LogP contribution < -0.4 is 20.1 Å². The monoisotopic (exact) mass is 597 g/mol. The normalized spacial score (nSPS) is 13.8. The largest absolute Gasteiger partial charge is 0.493 e. The third-order valence-electron chi connectivity index (χ3n) is 5.58. The first-order valence-corrected chi connectivity index (χ1v) is 12.4. The molecule has 1 aliphatic heterocycles. The van der Waals surface area contributed by atoms with Gasteiger partial charge in [0.1, 0.15) is 11.5 Å². The van der Waals surface area contributed by atoms with Crippen molar-refractivity contribution >= 4 is 51.5 Å². The highest BCUT2D eigenvalue weighted by Gasteiger charge is 2.35. The molecular formula is C27H24BrN3O8. The molecule has 0 atom stereocenters. The number of halogens is 1. The molecule has 2 aromatic carbocycles. The Bertz CT molecular complexity index is 1460. The zero-order chi connectivity index (χ0) is 28.1. The Kier molecular flexibility index (Phi) is 8.35. The van der Waals surface area contributed by atoms with Crippen LogP contribution in [0.25, 0.3) is 6.08 Å². The van der Waals surface area contributed by atoms with E-state index >= 15 is 0 Å². The molecular weight excluding hydrogens is 574 g/mol. The minimum atomic E-state index is -0.678. The van der Waals surface area contributed by atoms with Gasteiger partial charge >= 0.3 is 12.0 Å². The number of carbonyl (C=O) groups is 4. The van der Waals surface area contributed by atoms with Crippen LogP contribution in [0.15, 0.2) is 63.1 Å². The molecule has 1 fully saturated rings. The second kappa shape index (κ2) is 11.9. The Hall–Kier alpha value is -4.58. The molecule has 39 heavy (non-hydrogen) atoms. The van der Waals surface area contributed by atoms with Gasteiger partial charge in [0.2, 0.25) is 5.76 Å². The summed E-state index contributed by atoms with van der Waals surface area (Å²) in [4.78, 5) is 50.7. The molecule has 1 saturated heterocycles.